The average molecular weight is 310 g/mol. The molecule has 1 aliphatic carbocycles. The molecule has 0 radical (unpaired) electrons. The summed E-state index contributed by atoms with van der Waals surface area (Å²) in [5.41, 5.74) is 0.519. The fraction of sp³-hybridized carbons (Fsp3) is 0.714. The molecule has 0 spiro atoms. The molecule has 1 aromatic heterocycles. The Kier molecular flexibility index (Phi) is 5.88. The number of carbonyl (C=O) groups is 2. The molecule has 0 aliphatic heterocycles. The van der Waals surface area contributed by atoms with Gasteiger partial charge in [0.05, 0.1) is 18.8 Å². The minimum Gasteiger partial charge on any atom is -0.480 e. The standard InChI is InChI=1S/C14H22N4O4/c1-2-12(22-11-5-3-4-6-11)14(21)15-7-10-8-18(17-16-10)9-13(19)20/h8,11-12H,2-7,9H2,1H3,(H,15,21)(H,19,20). The van der Waals surface area contributed by atoms with Gasteiger partial charge < -0.3 is 15.2 Å². The summed E-state index contributed by atoms with van der Waals surface area (Å²) in [6.45, 7) is 1.88. The van der Waals surface area contributed by atoms with Gasteiger partial charge in [0.2, 0.25) is 5.91 Å². The van der Waals surface area contributed by atoms with Crippen molar-refractivity contribution in [2.24, 2.45) is 0 Å². The number of nitrogens with zero attached hydrogens (tertiary/aromatic N) is 3. The van der Waals surface area contributed by atoms with Crippen LogP contribution in [0.25, 0.3) is 0 Å². The number of aromatic nitrogens is 3. The fourth-order valence-corrected chi connectivity index (χ4v) is 2.53. The lowest BCUT2D eigenvalue weighted by molar-refractivity contribution is -0.138. The van der Waals surface area contributed by atoms with E-state index in [4.69, 9.17) is 9.84 Å². The summed E-state index contributed by atoms with van der Waals surface area (Å²) in [5, 5.41) is 18.9. The first-order valence-electron chi connectivity index (χ1n) is 7.62. The zero-order chi connectivity index (χ0) is 15.9. The van der Waals surface area contributed by atoms with Crippen LogP contribution >= 0.6 is 0 Å². The molecule has 0 aromatic carbocycles. The Bertz CT molecular complexity index is 511. The second kappa shape index (κ2) is 7.88. The highest BCUT2D eigenvalue weighted by Gasteiger charge is 2.24. The summed E-state index contributed by atoms with van der Waals surface area (Å²) in [5.74, 6) is -1.15. The minimum atomic E-state index is -0.989. The summed E-state index contributed by atoms with van der Waals surface area (Å²) < 4.78 is 7.06. The van der Waals surface area contributed by atoms with Crippen LogP contribution in [0.4, 0.5) is 0 Å². The Morgan fingerprint density at radius 1 is 1.50 bits per heavy atom. The van der Waals surface area contributed by atoms with Crippen molar-refractivity contribution in [3.05, 3.63) is 11.9 Å². The van der Waals surface area contributed by atoms with Gasteiger partial charge in [-0.25, -0.2) is 4.68 Å². The molecule has 1 unspecified atom stereocenters. The summed E-state index contributed by atoms with van der Waals surface area (Å²) in [6.07, 6.45) is 6.23. The predicted molar refractivity (Wildman–Crippen MR) is 76.9 cm³/mol. The van der Waals surface area contributed by atoms with Crippen molar-refractivity contribution >= 4 is 11.9 Å². The van der Waals surface area contributed by atoms with Crippen molar-refractivity contribution in [2.45, 2.75) is 64.3 Å². The first-order valence-corrected chi connectivity index (χ1v) is 7.62. The van der Waals surface area contributed by atoms with Gasteiger partial charge in [-0.3, -0.25) is 9.59 Å². The van der Waals surface area contributed by atoms with E-state index in [1.165, 1.54) is 10.9 Å². The van der Waals surface area contributed by atoms with E-state index in [-0.39, 0.29) is 25.1 Å². The van der Waals surface area contributed by atoms with Crippen molar-refractivity contribution in [3.63, 3.8) is 0 Å². The maximum Gasteiger partial charge on any atom is 0.325 e. The van der Waals surface area contributed by atoms with Crippen LogP contribution in [-0.4, -0.2) is 44.2 Å². The molecule has 22 heavy (non-hydrogen) atoms. The molecular formula is C14H22N4O4. The van der Waals surface area contributed by atoms with E-state index in [1.54, 1.807) is 0 Å². The number of ether oxygens (including phenoxy) is 1. The molecule has 1 aromatic rings. The predicted octanol–water partition coefficient (Wildman–Crippen LogP) is 0.717. The van der Waals surface area contributed by atoms with Gasteiger partial charge in [-0.2, -0.15) is 0 Å². The van der Waals surface area contributed by atoms with Crippen molar-refractivity contribution in [3.8, 4) is 0 Å². The molecule has 0 saturated heterocycles. The molecule has 1 heterocycles. The van der Waals surface area contributed by atoms with E-state index in [1.807, 2.05) is 6.92 Å². The molecule has 1 amide bonds. The molecule has 1 atom stereocenters. The number of hydrogen-bond acceptors (Lipinski definition) is 5. The topological polar surface area (TPSA) is 106 Å². The Hall–Kier alpha value is -1.96. The number of nitrogens with one attached hydrogen (secondary N) is 1. The van der Waals surface area contributed by atoms with E-state index in [0.717, 1.165) is 25.7 Å². The Morgan fingerprint density at radius 3 is 2.86 bits per heavy atom. The monoisotopic (exact) mass is 310 g/mol. The van der Waals surface area contributed by atoms with Crippen LogP contribution in [0.1, 0.15) is 44.7 Å². The SMILES string of the molecule is CCC(OC1CCCC1)C(=O)NCc1cn(CC(=O)O)nn1. The number of hydrogen-bond donors (Lipinski definition) is 2. The molecular weight excluding hydrogens is 288 g/mol. The quantitative estimate of drug-likeness (QED) is 0.732. The highest BCUT2D eigenvalue weighted by atomic mass is 16.5. The zero-order valence-corrected chi connectivity index (χ0v) is 12.7. The minimum absolute atomic E-state index is 0.165. The third-order valence-electron chi connectivity index (χ3n) is 3.65. The molecule has 2 N–H and O–H groups in total. The van der Waals surface area contributed by atoms with Crippen LogP contribution in [0.2, 0.25) is 0 Å². The summed E-state index contributed by atoms with van der Waals surface area (Å²) in [6, 6.07) is 0. The number of carboxylic acids is 1. The lowest BCUT2D eigenvalue weighted by Crippen LogP contribution is -2.37. The fourth-order valence-electron chi connectivity index (χ4n) is 2.53. The first-order chi connectivity index (χ1) is 10.6. The van der Waals surface area contributed by atoms with Crippen molar-refractivity contribution in [1.29, 1.82) is 0 Å². The van der Waals surface area contributed by atoms with Crippen LogP contribution in [0, 0.1) is 0 Å². The van der Waals surface area contributed by atoms with Gasteiger partial charge in [-0.1, -0.05) is 25.0 Å². The third kappa shape index (κ3) is 4.80. The van der Waals surface area contributed by atoms with Crippen LogP contribution < -0.4 is 5.32 Å². The third-order valence-corrected chi connectivity index (χ3v) is 3.65. The summed E-state index contributed by atoms with van der Waals surface area (Å²) in [4.78, 5) is 22.7. The molecule has 2 rings (SSSR count). The largest absolute Gasteiger partial charge is 0.480 e. The van der Waals surface area contributed by atoms with Gasteiger partial charge in [-0.15, -0.1) is 5.10 Å². The van der Waals surface area contributed by atoms with Crippen LogP contribution in [0.15, 0.2) is 6.20 Å². The van der Waals surface area contributed by atoms with Crippen molar-refractivity contribution in [1.82, 2.24) is 20.3 Å². The summed E-state index contributed by atoms with van der Waals surface area (Å²) in [7, 11) is 0. The molecule has 8 nitrogen and oxygen atoms in total. The van der Waals surface area contributed by atoms with Crippen LogP contribution in [0.3, 0.4) is 0 Å². The van der Waals surface area contributed by atoms with Gasteiger partial charge in [0.25, 0.3) is 0 Å². The number of rotatable bonds is 8. The van der Waals surface area contributed by atoms with E-state index in [0.29, 0.717) is 12.1 Å². The number of amides is 1. The molecule has 1 fully saturated rings. The van der Waals surface area contributed by atoms with E-state index in [9.17, 15) is 9.59 Å². The normalized spacial score (nSPS) is 16.6. The number of carboxylic acid groups (broad SMARTS) is 1. The van der Waals surface area contributed by atoms with E-state index < -0.39 is 12.1 Å². The molecule has 1 saturated carbocycles. The van der Waals surface area contributed by atoms with Gasteiger partial charge >= 0.3 is 5.97 Å². The van der Waals surface area contributed by atoms with Crippen LogP contribution in [0.5, 0.6) is 0 Å². The zero-order valence-electron chi connectivity index (χ0n) is 12.7. The molecule has 122 valence electrons. The Balaban J connectivity index is 1.79. The Labute approximate surface area is 128 Å². The molecule has 8 heteroatoms. The second-order valence-corrected chi connectivity index (χ2v) is 5.46. The Morgan fingerprint density at radius 2 is 2.23 bits per heavy atom. The lowest BCUT2D eigenvalue weighted by atomic mass is 10.2. The van der Waals surface area contributed by atoms with E-state index >= 15 is 0 Å². The van der Waals surface area contributed by atoms with Gasteiger partial charge in [-0.05, 0) is 19.3 Å². The number of carbonyl (C=O) groups excluding carboxylic acids is 1. The molecule has 1 aliphatic rings. The number of aliphatic carboxylic acids is 1. The highest BCUT2D eigenvalue weighted by Crippen LogP contribution is 2.22. The maximum atomic E-state index is 12.1. The second-order valence-electron chi connectivity index (χ2n) is 5.46. The molecule has 0 bridgehead atoms. The van der Waals surface area contributed by atoms with E-state index in [2.05, 4.69) is 15.6 Å². The van der Waals surface area contributed by atoms with Gasteiger partial charge in [0.15, 0.2) is 0 Å². The van der Waals surface area contributed by atoms with Gasteiger partial charge in [0.1, 0.15) is 18.3 Å². The van der Waals surface area contributed by atoms with Crippen molar-refractivity contribution in [2.75, 3.05) is 0 Å². The summed E-state index contributed by atoms with van der Waals surface area (Å²) >= 11 is 0. The first kappa shape index (κ1) is 16.4. The smallest absolute Gasteiger partial charge is 0.325 e. The van der Waals surface area contributed by atoms with Crippen LogP contribution in [-0.2, 0) is 27.4 Å². The maximum absolute atomic E-state index is 12.1. The average Bonchev–Trinajstić information content (AvgIpc) is 3.13. The van der Waals surface area contributed by atoms with Crippen molar-refractivity contribution < 1.29 is 19.4 Å². The van der Waals surface area contributed by atoms with Gasteiger partial charge in [0, 0.05) is 0 Å². The highest BCUT2D eigenvalue weighted by molar-refractivity contribution is 5.80. The lowest BCUT2D eigenvalue weighted by Gasteiger charge is -2.20.